The molecule has 0 bridgehead atoms. The molecule has 2 atom stereocenters. The third kappa shape index (κ3) is 6.86. The number of carboxylic acid groups (broad SMARTS) is 1. The number of benzene rings is 4. The largest absolute Gasteiger partial charge is 0.478 e. The molecule has 40 heavy (non-hydrogen) atoms. The summed E-state index contributed by atoms with van der Waals surface area (Å²) >= 11 is 0. The molecule has 206 valence electrons. The van der Waals surface area contributed by atoms with E-state index in [2.05, 4.69) is 60.7 Å². The quantitative estimate of drug-likeness (QED) is 0.205. The predicted molar refractivity (Wildman–Crippen MR) is 159 cm³/mol. The fourth-order valence-electron chi connectivity index (χ4n) is 6.09. The average molecular weight is 537 g/mol. The molecular formula is C36H37FO3. The van der Waals surface area contributed by atoms with E-state index in [-0.39, 0.29) is 5.56 Å². The lowest BCUT2D eigenvalue weighted by atomic mass is 9.76. The van der Waals surface area contributed by atoms with Crippen LogP contribution in [-0.4, -0.2) is 17.7 Å². The van der Waals surface area contributed by atoms with Gasteiger partial charge in [-0.25, -0.2) is 9.18 Å². The monoisotopic (exact) mass is 536 g/mol. The fourth-order valence-corrected chi connectivity index (χ4v) is 6.09. The molecule has 0 radical (unpaired) electrons. The smallest absolute Gasteiger partial charge is 0.338 e. The predicted octanol–water partition coefficient (Wildman–Crippen LogP) is 9.44. The lowest BCUT2D eigenvalue weighted by Crippen LogP contribution is -2.15. The number of aromatic carboxylic acids is 1. The van der Waals surface area contributed by atoms with Crippen molar-refractivity contribution in [2.45, 2.75) is 58.0 Å². The second-order valence-electron chi connectivity index (χ2n) is 11.1. The first kappa shape index (κ1) is 27.8. The first-order valence-electron chi connectivity index (χ1n) is 14.3. The zero-order valence-corrected chi connectivity index (χ0v) is 23.1. The SMILES string of the molecule is Cc1cc(COCCCC2CCCC(c3ccc(-c4ccccc4)cc3)C2)ccc1-c1ccc(C(=O)O)c(F)c1. The Balaban J connectivity index is 1.07. The molecule has 1 aliphatic rings. The third-order valence-electron chi connectivity index (χ3n) is 8.24. The standard InChI is InChI=1S/C36H37FO3/c1-25-21-27(12-18-33(25)32-17-19-34(36(38)39)35(37)23-32)24-40-20-6-8-26-7-5-11-31(22-26)30-15-13-29(14-16-30)28-9-3-2-4-10-28/h2-4,9-10,12-19,21,23,26,31H,5-8,11,20,22,24H2,1H3,(H,38,39). The van der Waals surface area contributed by atoms with Gasteiger partial charge in [0.15, 0.2) is 0 Å². The molecule has 0 heterocycles. The van der Waals surface area contributed by atoms with Crippen molar-refractivity contribution in [3.05, 3.63) is 119 Å². The summed E-state index contributed by atoms with van der Waals surface area (Å²) in [7, 11) is 0. The van der Waals surface area contributed by atoms with Gasteiger partial charge in [-0.15, -0.1) is 0 Å². The number of halogens is 1. The van der Waals surface area contributed by atoms with E-state index in [1.54, 1.807) is 6.07 Å². The minimum Gasteiger partial charge on any atom is -0.478 e. The Bertz CT molecular complexity index is 1430. The van der Waals surface area contributed by atoms with Gasteiger partial charge in [0.25, 0.3) is 0 Å². The first-order chi connectivity index (χ1) is 19.5. The Morgan fingerprint density at radius 3 is 2.38 bits per heavy atom. The van der Waals surface area contributed by atoms with E-state index >= 15 is 0 Å². The summed E-state index contributed by atoms with van der Waals surface area (Å²) in [4.78, 5) is 11.1. The molecule has 5 rings (SSSR count). The van der Waals surface area contributed by atoms with E-state index in [1.807, 2.05) is 19.1 Å². The van der Waals surface area contributed by atoms with Gasteiger partial charge in [-0.2, -0.15) is 0 Å². The van der Waals surface area contributed by atoms with Gasteiger partial charge in [0.1, 0.15) is 5.82 Å². The summed E-state index contributed by atoms with van der Waals surface area (Å²) in [6, 6.07) is 30.0. The van der Waals surface area contributed by atoms with Gasteiger partial charge < -0.3 is 9.84 Å². The molecule has 3 nitrogen and oxygen atoms in total. The van der Waals surface area contributed by atoms with E-state index in [9.17, 15) is 9.18 Å². The van der Waals surface area contributed by atoms with Crippen LogP contribution in [0.5, 0.6) is 0 Å². The first-order valence-corrected chi connectivity index (χ1v) is 14.3. The maximum absolute atomic E-state index is 14.2. The van der Waals surface area contributed by atoms with Gasteiger partial charge in [0, 0.05) is 6.61 Å². The topological polar surface area (TPSA) is 46.5 Å². The molecule has 4 aromatic carbocycles. The zero-order chi connectivity index (χ0) is 27.9. The van der Waals surface area contributed by atoms with Crippen molar-refractivity contribution in [2.75, 3.05) is 6.61 Å². The minimum atomic E-state index is -1.26. The number of hydrogen-bond donors (Lipinski definition) is 1. The molecule has 1 saturated carbocycles. The van der Waals surface area contributed by atoms with Crippen LogP contribution in [-0.2, 0) is 11.3 Å². The normalized spacial score (nSPS) is 17.1. The van der Waals surface area contributed by atoms with E-state index in [0.29, 0.717) is 18.1 Å². The lowest BCUT2D eigenvalue weighted by Gasteiger charge is -2.29. The fraction of sp³-hybridized carbons (Fsp3) is 0.306. The Hall–Kier alpha value is -3.76. The molecular weight excluding hydrogens is 499 g/mol. The van der Waals surface area contributed by atoms with Crippen molar-refractivity contribution in [3.63, 3.8) is 0 Å². The second kappa shape index (κ2) is 13.1. The molecule has 0 aromatic heterocycles. The highest BCUT2D eigenvalue weighted by Crippen LogP contribution is 2.38. The molecule has 0 amide bonds. The van der Waals surface area contributed by atoms with Crippen molar-refractivity contribution >= 4 is 5.97 Å². The van der Waals surface area contributed by atoms with Crippen LogP contribution in [0, 0.1) is 18.7 Å². The molecule has 1 N–H and O–H groups in total. The third-order valence-corrected chi connectivity index (χ3v) is 8.24. The summed E-state index contributed by atoms with van der Waals surface area (Å²) in [5, 5.41) is 9.06. The molecule has 2 unspecified atom stereocenters. The van der Waals surface area contributed by atoms with Crippen LogP contribution in [0.1, 0.15) is 71.5 Å². The van der Waals surface area contributed by atoms with E-state index in [4.69, 9.17) is 9.84 Å². The van der Waals surface area contributed by atoms with Gasteiger partial charge >= 0.3 is 5.97 Å². The highest BCUT2D eigenvalue weighted by molar-refractivity contribution is 5.88. The van der Waals surface area contributed by atoms with E-state index in [1.165, 1.54) is 60.9 Å². The average Bonchev–Trinajstić information content (AvgIpc) is 2.97. The van der Waals surface area contributed by atoms with Gasteiger partial charge in [-0.1, -0.05) is 91.7 Å². The van der Waals surface area contributed by atoms with Crippen LogP contribution in [0.2, 0.25) is 0 Å². The molecule has 1 aliphatic carbocycles. The number of hydrogen-bond acceptors (Lipinski definition) is 2. The molecule has 4 aromatic rings. The number of carboxylic acids is 1. The minimum absolute atomic E-state index is 0.312. The van der Waals surface area contributed by atoms with E-state index in [0.717, 1.165) is 35.6 Å². The van der Waals surface area contributed by atoms with Gasteiger partial charge in [0.05, 0.1) is 12.2 Å². The molecule has 0 aliphatic heterocycles. The summed E-state index contributed by atoms with van der Waals surface area (Å²) in [5.41, 5.74) is 7.36. The highest BCUT2D eigenvalue weighted by atomic mass is 19.1. The van der Waals surface area contributed by atoms with Crippen LogP contribution in [0.4, 0.5) is 4.39 Å². The van der Waals surface area contributed by atoms with Crippen molar-refractivity contribution < 1.29 is 19.0 Å². The maximum atomic E-state index is 14.2. The molecule has 1 fully saturated rings. The summed E-state index contributed by atoms with van der Waals surface area (Å²) in [6.45, 7) is 3.28. The van der Waals surface area contributed by atoms with Crippen molar-refractivity contribution in [3.8, 4) is 22.3 Å². The Morgan fingerprint density at radius 1 is 0.900 bits per heavy atom. The van der Waals surface area contributed by atoms with Gasteiger partial charge in [-0.3, -0.25) is 0 Å². The summed E-state index contributed by atoms with van der Waals surface area (Å²) < 4.78 is 20.2. The van der Waals surface area contributed by atoms with Crippen molar-refractivity contribution in [2.24, 2.45) is 5.92 Å². The highest BCUT2D eigenvalue weighted by Gasteiger charge is 2.23. The zero-order valence-electron chi connectivity index (χ0n) is 23.1. The van der Waals surface area contributed by atoms with Gasteiger partial charge in [0.2, 0.25) is 0 Å². The summed E-state index contributed by atoms with van der Waals surface area (Å²) in [5.74, 6) is -0.571. The van der Waals surface area contributed by atoms with Crippen LogP contribution in [0.3, 0.4) is 0 Å². The summed E-state index contributed by atoms with van der Waals surface area (Å²) in [6.07, 6.45) is 7.42. The molecule has 0 saturated heterocycles. The molecule has 4 heteroatoms. The number of ether oxygens (including phenoxy) is 1. The van der Waals surface area contributed by atoms with Crippen LogP contribution in [0.15, 0.2) is 91.0 Å². The van der Waals surface area contributed by atoms with Gasteiger partial charge in [-0.05, 0) is 95.5 Å². The second-order valence-corrected chi connectivity index (χ2v) is 11.1. The number of aryl methyl sites for hydroxylation is 1. The van der Waals surface area contributed by atoms with E-state index < -0.39 is 11.8 Å². The lowest BCUT2D eigenvalue weighted by molar-refractivity contribution is 0.0692. The van der Waals surface area contributed by atoms with Crippen molar-refractivity contribution in [1.29, 1.82) is 0 Å². The Kier molecular flexibility index (Phi) is 9.08. The van der Waals surface area contributed by atoms with Crippen LogP contribution >= 0.6 is 0 Å². The van der Waals surface area contributed by atoms with Crippen LogP contribution < -0.4 is 0 Å². The molecule has 0 spiro atoms. The number of rotatable bonds is 10. The number of carbonyl (C=O) groups is 1. The Labute approximate surface area is 236 Å². The van der Waals surface area contributed by atoms with Crippen LogP contribution in [0.25, 0.3) is 22.3 Å². The Morgan fingerprint density at radius 2 is 1.65 bits per heavy atom. The maximum Gasteiger partial charge on any atom is 0.338 e. The van der Waals surface area contributed by atoms with Crippen molar-refractivity contribution in [1.82, 2.24) is 0 Å².